The second-order valence-corrected chi connectivity index (χ2v) is 11.5. The van der Waals surface area contributed by atoms with Crippen molar-refractivity contribution in [3.05, 3.63) is 53.1 Å². The smallest absolute Gasteiger partial charge is 0.129 e. The van der Waals surface area contributed by atoms with Crippen molar-refractivity contribution in [2.45, 2.75) is 88.7 Å². The molecule has 1 unspecified atom stereocenters. The van der Waals surface area contributed by atoms with E-state index in [0.717, 1.165) is 23.3 Å². The van der Waals surface area contributed by atoms with E-state index in [1.807, 2.05) is 18.2 Å². The van der Waals surface area contributed by atoms with Crippen LogP contribution in [-0.4, -0.2) is 10.2 Å². The Morgan fingerprint density at radius 3 is 1.75 bits per heavy atom. The standard InChI is InChI=1S/C25H36O2S/c1-9-14-25(8,19-15-17(23(2,3)4)10-12-20(19)26)28-22-16-18(24(5,6)7)11-13-21(22)27/h10-13,15-16,26-27H,9,14H2,1-8H3. The van der Waals surface area contributed by atoms with E-state index in [1.54, 1.807) is 17.8 Å². The van der Waals surface area contributed by atoms with Gasteiger partial charge in [-0.25, -0.2) is 0 Å². The fraction of sp³-hybridized carbons (Fsp3) is 0.520. The third-order valence-electron chi connectivity index (χ3n) is 5.32. The minimum absolute atomic E-state index is 0.00846. The predicted molar refractivity (Wildman–Crippen MR) is 122 cm³/mol. The highest BCUT2D eigenvalue weighted by molar-refractivity contribution is 8.00. The molecule has 0 heterocycles. The third-order valence-corrected chi connectivity index (χ3v) is 6.74. The van der Waals surface area contributed by atoms with Crippen LogP contribution in [0.4, 0.5) is 0 Å². The van der Waals surface area contributed by atoms with Gasteiger partial charge in [-0.2, -0.15) is 0 Å². The molecule has 0 amide bonds. The topological polar surface area (TPSA) is 40.5 Å². The van der Waals surface area contributed by atoms with Crippen molar-refractivity contribution in [1.82, 2.24) is 0 Å². The Bertz CT molecular complexity index is 827. The summed E-state index contributed by atoms with van der Waals surface area (Å²) in [6.07, 6.45) is 1.89. The molecule has 0 saturated heterocycles. The second kappa shape index (κ2) is 8.02. The van der Waals surface area contributed by atoms with Gasteiger partial charge >= 0.3 is 0 Å². The zero-order valence-electron chi connectivity index (χ0n) is 18.7. The van der Waals surface area contributed by atoms with Crippen molar-refractivity contribution in [2.24, 2.45) is 0 Å². The van der Waals surface area contributed by atoms with E-state index in [4.69, 9.17) is 0 Å². The van der Waals surface area contributed by atoms with Crippen LogP contribution in [0.1, 0.15) is 84.9 Å². The van der Waals surface area contributed by atoms with Crippen LogP contribution >= 0.6 is 11.8 Å². The molecule has 2 nitrogen and oxygen atoms in total. The van der Waals surface area contributed by atoms with Gasteiger partial charge in [0.15, 0.2) is 0 Å². The van der Waals surface area contributed by atoms with Crippen LogP contribution < -0.4 is 0 Å². The molecule has 1 atom stereocenters. The van der Waals surface area contributed by atoms with E-state index in [9.17, 15) is 10.2 Å². The van der Waals surface area contributed by atoms with E-state index in [-0.39, 0.29) is 15.6 Å². The van der Waals surface area contributed by atoms with E-state index >= 15 is 0 Å². The molecule has 2 aromatic carbocycles. The maximum atomic E-state index is 10.7. The van der Waals surface area contributed by atoms with Gasteiger partial charge in [0, 0.05) is 10.3 Å². The van der Waals surface area contributed by atoms with E-state index in [1.165, 1.54) is 11.1 Å². The highest BCUT2D eigenvalue weighted by Gasteiger charge is 2.32. The Labute approximate surface area is 175 Å². The van der Waals surface area contributed by atoms with Crippen molar-refractivity contribution in [3.8, 4) is 11.5 Å². The number of benzene rings is 2. The molecule has 0 spiro atoms. The molecule has 2 aromatic rings. The van der Waals surface area contributed by atoms with Gasteiger partial charge in [0.05, 0.1) is 4.90 Å². The molecule has 0 fully saturated rings. The zero-order valence-corrected chi connectivity index (χ0v) is 19.5. The van der Waals surface area contributed by atoms with Crippen molar-refractivity contribution < 1.29 is 10.2 Å². The summed E-state index contributed by atoms with van der Waals surface area (Å²) in [6.45, 7) is 17.4. The first kappa shape index (κ1) is 22.7. The fourth-order valence-electron chi connectivity index (χ4n) is 3.45. The highest BCUT2D eigenvalue weighted by atomic mass is 32.2. The first-order chi connectivity index (χ1) is 12.8. The Balaban J connectivity index is 2.57. The summed E-state index contributed by atoms with van der Waals surface area (Å²) in [5.41, 5.74) is 3.36. The van der Waals surface area contributed by atoms with Gasteiger partial charge in [-0.3, -0.25) is 0 Å². The van der Waals surface area contributed by atoms with Crippen LogP contribution in [-0.2, 0) is 15.6 Å². The summed E-state index contributed by atoms with van der Waals surface area (Å²) in [7, 11) is 0. The van der Waals surface area contributed by atoms with Crippen LogP contribution in [0.15, 0.2) is 41.3 Å². The highest BCUT2D eigenvalue weighted by Crippen LogP contribution is 2.51. The molecule has 154 valence electrons. The molecule has 0 radical (unpaired) electrons. The van der Waals surface area contributed by atoms with Gasteiger partial charge in [0.25, 0.3) is 0 Å². The summed E-state index contributed by atoms with van der Waals surface area (Å²) in [5.74, 6) is 0.620. The van der Waals surface area contributed by atoms with Crippen LogP contribution in [0.5, 0.6) is 11.5 Å². The minimum Gasteiger partial charge on any atom is -0.508 e. The van der Waals surface area contributed by atoms with Crippen molar-refractivity contribution >= 4 is 11.8 Å². The SMILES string of the molecule is CCCC(C)(Sc1cc(C(C)(C)C)ccc1O)c1cc(C(C)(C)C)ccc1O. The molecule has 28 heavy (non-hydrogen) atoms. The second-order valence-electron chi connectivity index (χ2n) is 10.00. The van der Waals surface area contributed by atoms with Gasteiger partial charge in [0.1, 0.15) is 11.5 Å². The molecule has 3 heteroatoms. The number of phenols is 2. The van der Waals surface area contributed by atoms with Crippen molar-refractivity contribution in [1.29, 1.82) is 0 Å². The lowest BCUT2D eigenvalue weighted by Gasteiger charge is -2.32. The summed E-state index contributed by atoms with van der Waals surface area (Å²) in [5, 5.41) is 21.3. The maximum absolute atomic E-state index is 10.7. The van der Waals surface area contributed by atoms with Crippen LogP contribution in [0, 0.1) is 0 Å². The van der Waals surface area contributed by atoms with Crippen LogP contribution in [0.2, 0.25) is 0 Å². The molecule has 2 rings (SSSR count). The molecule has 0 bridgehead atoms. The summed E-state index contributed by atoms with van der Waals surface area (Å²) >= 11 is 1.65. The van der Waals surface area contributed by atoms with E-state index in [2.05, 4.69) is 67.5 Å². The Morgan fingerprint density at radius 1 is 0.750 bits per heavy atom. The first-order valence-electron chi connectivity index (χ1n) is 10.1. The molecule has 0 aliphatic rings. The molecule has 0 aromatic heterocycles. The van der Waals surface area contributed by atoms with Gasteiger partial charge in [0.2, 0.25) is 0 Å². The Hall–Kier alpha value is -1.61. The number of hydrogen-bond donors (Lipinski definition) is 2. The predicted octanol–water partition coefficient (Wildman–Crippen LogP) is 7.50. The average molecular weight is 401 g/mol. The third kappa shape index (κ3) is 5.05. The zero-order chi connectivity index (χ0) is 21.3. The monoisotopic (exact) mass is 400 g/mol. The van der Waals surface area contributed by atoms with Crippen molar-refractivity contribution in [2.75, 3.05) is 0 Å². The van der Waals surface area contributed by atoms with Crippen molar-refractivity contribution in [3.63, 3.8) is 0 Å². The largest absolute Gasteiger partial charge is 0.508 e. The molecule has 2 N–H and O–H groups in total. The lowest BCUT2D eigenvalue weighted by molar-refractivity contribution is 0.449. The molecular formula is C25H36O2S. The summed E-state index contributed by atoms with van der Waals surface area (Å²) < 4.78 is -0.339. The lowest BCUT2D eigenvalue weighted by Crippen LogP contribution is -2.20. The van der Waals surface area contributed by atoms with Gasteiger partial charge in [-0.05, 0) is 53.5 Å². The molecule has 0 aliphatic carbocycles. The Kier molecular flexibility index (Phi) is 6.50. The van der Waals surface area contributed by atoms with Gasteiger partial charge in [-0.1, -0.05) is 73.1 Å². The quantitative estimate of drug-likeness (QED) is 0.510. The van der Waals surface area contributed by atoms with Crippen LogP contribution in [0.25, 0.3) is 0 Å². The minimum atomic E-state index is -0.339. The molecule has 0 aliphatic heterocycles. The molecule has 0 saturated carbocycles. The number of thioether (sulfide) groups is 1. The van der Waals surface area contributed by atoms with E-state index in [0.29, 0.717) is 11.5 Å². The Morgan fingerprint density at radius 2 is 1.25 bits per heavy atom. The number of rotatable bonds is 5. The number of aromatic hydroxyl groups is 2. The number of hydrogen-bond acceptors (Lipinski definition) is 3. The lowest BCUT2D eigenvalue weighted by atomic mass is 9.83. The normalized spacial score (nSPS) is 14.7. The fourth-order valence-corrected chi connectivity index (χ4v) is 4.87. The van der Waals surface area contributed by atoms with Gasteiger partial charge in [-0.15, -0.1) is 11.8 Å². The van der Waals surface area contributed by atoms with Crippen LogP contribution in [0.3, 0.4) is 0 Å². The van der Waals surface area contributed by atoms with Gasteiger partial charge < -0.3 is 10.2 Å². The summed E-state index contributed by atoms with van der Waals surface area (Å²) in [6, 6.07) is 11.8. The first-order valence-corrected chi connectivity index (χ1v) is 11.0. The summed E-state index contributed by atoms with van der Waals surface area (Å²) in [4.78, 5) is 0.865. The molecular weight excluding hydrogens is 364 g/mol. The number of phenolic OH excluding ortho intramolecular Hbond substituents is 2. The van der Waals surface area contributed by atoms with E-state index < -0.39 is 0 Å². The average Bonchev–Trinajstić information content (AvgIpc) is 2.55. The maximum Gasteiger partial charge on any atom is 0.129 e.